The Morgan fingerprint density at radius 3 is 3.05 bits per heavy atom. The van der Waals surface area contributed by atoms with Gasteiger partial charge in [0, 0.05) is 24.0 Å². The standard InChI is InChI=1S/C14H21N3O2S3/c18-12(6-2-1-4-10-7-9-20-22-10)15-14-17-16-13(21-14)11-5-3-8-19-11/h10-11H,1-9H2,(H,15,17,18)/t10-,11?/m0/s1. The highest BCUT2D eigenvalue weighted by atomic mass is 33.1. The lowest BCUT2D eigenvalue weighted by Crippen LogP contribution is -2.11. The van der Waals surface area contributed by atoms with Gasteiger partial charge in [0.05, 0.1) is 0 Å². The van der Waals surface area contributed by atoms with Gasteiger partial charge in [0.2, 0.25) is 11.0 Å². The van der Waals surface area contributed by atoms with E-state index in [0.29, 0.717) is 11.6 Å². The highest BCUT2D eigenvalue weighted by Gasteiger charge is 2.22. The Balaban J connectivity index is 1.34. The molecule has 3 heterocycles. The molecule has 22 heavy (non-hydrogen) atoms. The number of carbonyl (C=O) groups excluding carboxylic acids is 1. The van der Waals surface area contributed by atoms with Gasteiger partial charge in [-0.2, -0.15) is 0 Å². The molecule has 0 saturated carbocycles. The first-order valence-corrected chi connectivity index (χ1v) is 11.0. The number of carbonyl (C=O) groups is 1. The molecule has 0 bridgehead atoms. The molecular formula is C14H21N3O2S3. The molecule has 2 saturated heterocycles. The van der Waals surface area contributed by atoms with Crippen LogP contribution in [-0.4, -0.2) is 33.7 Å². The van der Waals surface area contributed by atoms with Gasteiger partial charge in [0.1, 0.15) is 11.1 Å². The van der Waals surface area contributed by atoms with E-state index in [0.717, 1.165) is 42.5 Å². The van der Waals surface area contributed by atoms with E-state index in [2.05, 4.69) is 15.5 Å². The Hall–Kier alpha value is -0.310. The summed E-state index contributed by atoms with van der Waals surface area (Å²) < 4.78 is 5.58. The summed E-state index contributed by atoms with van der Waals surface area (Å²) in [6.45, 7) is 0.795. The molecule has 0 radical (unpaired) electrons. The topological polar surface area (TPSA) is 64.1 Å². The number of hydrogen-bond donors (Lipinski definition) is 1. The smallest absolute Gasteiger partial charge is 0.226 e. The van der Waals surface area contributed by atoms with Crippen molar-refractivity contribution < 1.29 is 9.53 Å². The molecule has 3 rings (SSSR count). The maximum Gasteiger partial charge on any atom is 0.226 e. The van der Waals surface area contributed by atoms with Crippen molar-refractivity contribution >= 4 is 44.0 Å². The van der Waals surface area contributed by atoms with Gasteiger partial charge < -0.3 is 10.1 Å². The van der Waals surface area contributed by atoms with Crippen LogP contribution in [0.15, 0.2) is 0 Å². The van der Waals surface area contributed by atoms with Crippen molar-refractivity contribution in [1.82, 2.24) is 10.2 Å². The van der Waals surface area contributed by atoms with Crippen molar-refractivity contribution in [3.05, 3.63) is 5.01 Å². The molecule has 0 aliphatic carbocycles. The number of nitrogens with zero attached hydrogens (tertiary/aromatic N) is 2. The van der Waals surface area contributed by atoms with E-state index in [-0.39, 0.29) is 12.0 Å². The minimum atomic E-state index is 0.0449. The van der Waals surface area contributed by atoms with Gasteiger partial charge >= 0.3 is 0 Å². The van der Waals surface area contributed by atoms with Crippen LogP contribution in [0.3, 0.4) is 0 Å². The van der Waals surface area contributed by atoms with Gasteiger partial charge in [-0.1, -0.05) is 39.3 Å². The fraction of sp³-hybridized carbons (Fsp3) is 0.786. The van der Waals surface area contributed by atoms with Crippen LogP contribution in [-0.2, 0) is 9.53 Å². The van der Waals surface area contributed by atoms with Gasteiger partial charge in [0.15, 0.2) is 0 Å². The maximum absolute atomic E-state index is 11.9. The monoisotopic (exact) mass is 359 g/mol. The Morgan fingerprint density at radius 2 is 2.27 bits per heavy atom. The van der Waals surface area contributed by atoms with Crippen LogP contribution < -0.4 is 5.32 Å². The summed E-state index contributed by atoms with van der Waals surface area (Å²) >= 11 is 1.43. The van der Waals surface area contributed by atoms with Gasteiger partial charge in [-0.15, -0.1) is 10.2 Å². The van der Waals surface area contributed by atoms with Crippen LogP contribution >= 0.6 is 32.9 Å². The molecule has 2 atom stereocenters. The molecule has 1 N–H and O–H groups in total. The molecule has 0 aromatic carbocycles. The third-order valence-corrected chi connectivity index (χ3v) is 7.74. The maximum atomic E-state index is 11.9. The molecule has 1 aromatic heterocycles. The summed E-state index contributed by atoms with van der Waals surface area (Å²) in [7, 11) is 3.98. The summed E-state index contributed by atoms with van der Waals surface area (Å²) in [5.41, 5.74) is 0. The van der Waals surface area contributed by atoms with E-state index in [1.165, 1.54) is 29.9 Å². The highest BCUT2D eigenvalue weighted by molar-refractivity contribution is 8.77. The molecule has 122 valence electrons. The molecule has 2 fully saturated rings. The molecule has 5 nitrogen and oxygen atoms in total. The number of nitrogens with one attached hydrogen (secondary N) is 1. The Kier molecular flexibility index (Phi) is 6.40. The van der Waals surface area contributed by atoms with E-state index in [1.807, 2.05) is 21.6 Å². The Bertz CT molecular complexity index is 485. The first-order valence-electron chi connectivity index (χ1n) is 7.84. The lowest BCUT2D eigenvalue weighted by Gasteiger charge is -2.06. The number of hydrogen-bond acceptors (Lipinski definition) is 7. The first kappa shape index (κ1) is 16.5. The van der Waals surface area contributed by atoms with E-state index < -0.39 is 0 Å². The minimum Gasteiger partial charge on any atom is -0.371 e. The second-order valence-corrected chi connectivity index (χ2v) is 9.37. The molecule has 1 unspecified atom stereocenters. The summed E-state index contributed by atoms with van der Waals surface area (Å²) in [5.74, 6) is 1.32. The Labute approximate surface area is 142 Å². The average Bonchev–Trinajstić information content (AvgIpc) is 3.24. The van der Waals surface area contributed by atoms with Gasteiger partial charge in [-0.05, 0) is 32.1 Å². The van der Waals surface area contributed by atoms with E-state index >= 15 is 0 Å². The zero-order valence-electron chi connectivity index (χ0n) is 12.5. The zero-order valence-corrected chi connectivity index (χ0v) is 14.9. The van der Waals surface area contributed by atoms with Crippen LogP contribution in [0.2, 0.25) is 0 Å². The quantitative estimate of drug-likeness (QED) is 0.585. The highest BCUT2D eigenvalue weighted by Crippen LogP contribution is 2.39. The van der Waals surface area contributed by atoms with Crippen molar-refractivity contribution in [2.75, 3.05) is 17.7 Å². The largest absolute Gasteiger partial charge is 0.371 e. The summed E-state index contributed by atoms with van der Waals surface area (Å²) in [4.78, 5) is 11.9. The summed E-state index contributed by atoms with van der Waals surface area (Å²) in [6.07, 6.45) is 7.34. The fourth-order valence-electron chi connectivity index (χ4n) is 2.59. The SMILES string of the molecule is O=C(CCCC[C@H]1CCSS1)Nc1nnc(C2CCCO2)s1. The van der Waals surface area contributed by atoms with E-state index in [1.54, 1.807) is 0 Å². The number of aromatic nitrogens is 2. The number of unbranched alkanes of at least 4 members (excludes halogenated alkanes) is 1. The van der Waals surface area contributed by atoms with Gasteiger partial charge in [0.25, 0.3) is 0 Å². The zero-order chi connectivity index (χ0) is 15.2. The third kappa shape index (κ3) is 4.84. The van der Waals surface area contributed by atoms with Gasteiger partial charge in [-0.25, -0.2) is 0 Å². The predicted octanol–water partition coefficient (Wildman–Crippen LogP) is 4.04. The van der Waals surface area contributed by atoms with Crippen LogP contribution in [0.25, 0.3) is 0 Å². The lowest BCUT2D eigenvalue weighted by atomic mass is 10.1. The first-order chi connectivity index (χ1) is 10.8. The van der Waals surface area contributed by atoms with Crippen LogP contribution in [0.5, 0.6) is 0 Å². The van der Waals surface area contributed by atoms with Crippen molar-refractivity contribution in [2.45, 2.75) is 56.3 Å². The van der Waals surface area contributed by atoms with Gasteiger partial charge in [-0.3, -0.25) is 4.79 Å². The van der Waals surface area contributed by atoms with Crippen LogP contribution in [0, 0.1) is 0 Å². The van der Waals surface area contributed by atoms with E-state index in [4.69, 9.17) is 4.74 Å². The second-order valence-electron chi connectivity index (χ2n) is 5.57. The minimum absolute atomic E-state index is 0.0449. The summed E-state index contributed by atoms with van der Waals surface area (Å²) in [6, 6.07) is 0. The van der Waals surface area contributed by atoms with Crippen molar-refractivity contribution in [3.8, 4) is 0 Å². The average molecular weight is 360 g/mol. The molecular weight excluding hydrogens is 338 g/mol. The predicted molar refractivity (Wildman–Crippen MR) is 93.4 cm³/mol. The van der Waals surface area contributed by atoms with Crippen molar-refractivity contribution in [3.63, 3.8) is 0 Å². The molecule has 1 aromatic rings. The molecule has 2 aliphatic heterocycles. The molecule has 2 aliphatic rings. The number of anilines is 1. The number of rotatable bonds is 7. The van der Waals surface area contributed by atoms with Crippen LogP contribution in [0.1, 0.15) is 56.1 Å². The molecule has 8 heteroatoms. The second kappa shape index (κ2) is 8.52. The normalized spacial score (nSPS) is 24.7. The number of amides is 1. The van der Waals surface area contributed by atoms with E-state index in [9.17, 15) is 4.79 Å². The van der Waals surface area contributed by atoms with Crippen molar-refractivity contribution in [2.24, 2.45) is 0 Å². The molecule has 1 amide bonds. The Morgan fingerprint density at radius 1 is 1.32 bits per heavy atom. The number of ether oxygens (including phenoxy) is 1. The molecule has 0 spiro atoms. The van der Waals surface area contributed by atoms with Crippen molar-refractivity contribution in [1.29, 1.82) is 0 Å². The summed E-state index contributed by atoms with van der Waals surface area (Å²) in [5, 5.41) is 13.3. The third-order valence-electron chi connectivity index (χ3n) is 3.80. The van der Waals surface area contributed by atoms with Crippen LogP contribution in [0.4, 0.5) is 5.13 Å². The fourth-order valence-corrected chi connectivity index (χ4v) is 6.46. The lowest BCUT2D eigenvalue weighted by molar-refractivity contribution is -0.116.